The molecule has 0 aliphatic carbocycles. The number of imidazole rings is 1. The number of rotatable bonds is 3. The number of hydrogen-bond donors (Lipinski definition) is 2. The van der Waals surface area contributed by atoms with Gasteiger partial charge < -0.3 is 14.9 Å². The smallest absolute Gasteiger partial charge is 0.252 e. The molecule has 0 amide bonds. The quantitative estimate of drug-likeness (QED) is 0.767. The molecule has 3 aromatic rings. The molecule has 2 N–H and O–H groups in total. The molecule has 1 atom stereocenters. The molecule has 5 nitrogen and oxygen atoms in total. The maximum absolute atomic E-state index is 12.0. The standard InChI is InChI=1S/C15H16N4O/c1-10(15-16-7-8-17-15)18-12-9-14(20)19(2)13-6-4-3-5-11(12)13/h3-10,18H,1-2H3,(H,16,17). The van der Waals surface area contributed by atoms with Gasteiger partial charge in [0.25, 0.3) is 5.56 Å². The maximum atomic E-state index is 12.0. The van der Waals surface area contributed by atoms with Gasteiger partial charge in [-0.2, -0.15) is 0 Å². The average Bonchev–Trinajstić information content (AvgIpc) is 2.99. The van der Waals surface area contributed by atoms with E-state index in [4.69, 9.17) is 0 Å². The van der Waals surface area contributed by atoms with Crippen molar-refractivity contribution in [2.75, 3.05) is 5.32 Å². The van der Waals surface area contributed by atoms with Gasteiger partial charge in [0.1, 0.15) is 5.82 Å². The number of aromatic nitrogens is 3. The van der Waals surface area contributed by atoms with Crippen LogP contribution in [0.25, 0.3) is 10.9 Å². The molecule has 2 aromatic heterocycles. The lowest BCUT2D eigenvalue weighted by Gasteiger charge is -2.16. The van der Waals surface area contributed by atoms with Crippen molar-refractivity contribution in [3.8, 4) is 0 Å². The second-order valence-electron chi connectivity index (χ2n) is 4.81. The van der Waals surface area contributed by atoms with E-state index in [2.05, 4.69) is 15.3 Å². The van der Waals surface area contributed by atoms with E-state index < -0.39 is 0 Å². The summed E-state index contributed by atoms with van der Waals surface area (Å²) in [5.74, 6) is 0.842. The summed E-state index contributed by atoms with van der Waals surface area (Å²) in [5, 5.41) is 4.37. The average molecular weight is 268 g/mol. The molecule has 0 spiro atoms. The predicted molar refractivity (Wildman–Crippen MR) is 79.8 cm³/mol. The predicted octanol–water partition coefficient (Wildman–Crippen LogP) is 2.43. The lowest BCUT2D eigenvalue weighted by Crippen LogP contribution is -2.18. The van der Waals surface area contributed by atoms with Crippen molar-refractivity contribution >= 4 is 16.6 Å². The molecule has 5 heteroatoms. The number of anilines is 1. The Morgan fingerprint density at radius 2 is 2.15 bits per heavy atom. The summed E-state index contributed by atoms with van der Waals surface area (Å²) in [5.41, 5.74) is 1.71. The van der Waals surface area contributed by atoms with E-state index in [9.17, 15) is 4.79 Å². The third-order valence-corrected chi connectivity index (χ3v) is 3.46. The summed E-state index contributed by atoms with van der Waals surface area (Å²) in [4.78, 5) is 19.3. The number of fused-ring (bicyclic) bond motifs is 1. The zero-order valence-corrected chi connectivity index (χ0v) is 11.4. The second kappa shape index (κ2) is 4.85. The van der Waals surface area contributed by atoms with Crippen molar-refractivity contribution in [2.24, 2.45) is 7.05 Å². The van der Waals surface area contributed by atoms with Gasteiger partial charge in [0.15, 0.2) is 0 Å². The minimum atomic E-state index is -0.0298. The Labute approximate surface area is 116 Å². The van der Waals surface area contributed by atoms with E-state index in [1.54, 1.807) is 30.1 Å². The largest absolute Gasteiger partial charge is 0.375 e. The summed E-state index contributed by atoms with van der Waals surface area (Å²) < 4.78 is 1.65. The Hall–Kier alpha value is -2.56. The SMILES string of the molecule is CC(Nc1cc(=O)n(C)c2ccccc12)c1ncc[nH]1. The molecule has 0 aliphatic rings. The van der Waals surface area contributed by atoms with E-state index in [1.165, 1.54) is 0 Å². The first-order valence-corrected chi connectivity index (χ1v) is 6.51. The number of benzene rings is 1. The summed E-state index contributed by atoms with van der Waals surface area (Å²) in [6.45, 7) is 2.01. The molecule has 0 aliphatic heterocycles. The number of hydrogen-bond acceptors (Lipinski definition) is 3. The van der Waals surface area contributed by atoms with Crippen molar-refractivity contribution in [2.45, 2.75) is 13.0 Å². The number of para-hydroxylation sites is 1. The van der Waals surface area contributed by atoms with Crippen LogP contribution in [0.1, 0.15) is 18.8 Å². The van der Waals surface area contributed by atoms with Gasteiger partial charge in [-0.1, -0.05) is 18.2 Å². The summed E-state index contributed by atoms with van der Waals surface area (Å²) in [7, 11) is 1.78. The van der Waals surface area contributed by atoms with Gasteiger partial charge in [-0.15, -0.1) is 0 Å². The van der Waals surface area contributed by atoms with E-state index >= 15 is 0 Å². The van der Waals surface area contributed by atoms with Crippen LogP contribution in [0.4, 0.5) is 5.69 Å². The van der Waals surface area contributed by atoms with Crippen molar-refractivity contribution in [1.82, 2.24) is 14.5 Å². The van der Waals surface area contributed by atoms with Crippen molar-refractivity contribution in [1.29, 1.82) is 0 Å². The number of aryl methyl sites for hydroxylation is 1. The first kappa shape index (κ1) is 12.5. The van der Waals surface area contributed by atoms with Crippen LogP contribution in [-0.2, 0) is 7.05 Å². The second-order valence-corrected chi connectivity index (χ2v) is 4.81. The monoisotopic (exact) mass is 268 g/mol. The van der Waals surface area contributed by atoms with Gasteiger partial charge in [0, 0.05) is 36.6 Å². The highest BCUT2D eigenvalue weighted by Crippen LogP contribution is 2.24. The fraction of sp³-hybridized carbons (Fsp3) is 0.200. The third kappa shape index (κ3) is 2.07. The lowest BCUT2D eigenvalue weighted by molar-refractivity contribution is 0.809. The van der Waals surface area contributed by atoms with E-state index in [-0.39, 0.29) is 11.6 Å². The molecule has 0 saturated heterocycles. The zero-order valence-electron chi connectivity index (χ0n) is 11.4. The molecule has 20 heavy (non-hydrogen) atoms. The zero-order chi connectivity index (χ0) is 14.1. The summed E-state index contributed by atoms with van der Waals surface area (Å²) >= 11 is 0. The highest BCUT2D eigenvalue weighted by Gasteiger charge is 2.11. The van der Waals surface area contributed by atoms with Crippen LogP contribution in [0, 0.1) is 0 Å². The molecular formula is C15H16N4O. The fourth-order valence-electron chi connectivity index (χ4n) is 2.35. The number of aromatic amines is 1. The van der Waals surface area contributed by atoms with Crippen LogP contribution in [0.3, 0.4) is 0 Å². The van der Waals surface area contributed by atoms with Gasteiger partial charge >= 0.3 is 0 Å². The molecule has 2 heterocycles. The molecular weight excluding hydrogens is 252 g/mol. The van der Waals surface area contributed by atoms with Gasteiger partial charge in [-0.3, -0.25) is 4.79 Å². The van der Waals surface area contributed by atoms with E-state index in [0.29, 0.717) is 0 Å². The molecule has 102 valence electrons. The van der Waals surface area contributed by atoms with Crippen LogP contribution < -0.4 is 10.9 Å². The van der Waals surface area contributed by atoms with Crippen molar-refractivity contribution in [3.63, 3.8) is 0 Å². The Bertz CT molecular complexity index is 789. The van der Waals surface area contributed by atoms with E-state index in [1.807, 2.05) is 31.2 Å². The first-order valence-electron chi connectivity index (χ1n) is 6.51. The van der Waals surface area contributed by atoms with Crippen LogP contribution in [0.5, 0.6) is 0 Å². The molecule has 0 bridgehead atoms. The van der Waals surface area contributed by atoms with Gasteiger partial charge in [0.2, 0.25) is 0 Å². The van der Waals surface area contributed by atoms with Crippen LogP contribution in [0.15, 0.2) is 47.5 Å². The Kier molecular flexibility index (Phi) is 3.02. The highest BCUT2D eigenvalue weighted by molar-refractivity contribution is 5.91. The van der Waals surface area contributed by atoms with Crippen molar-refractivity contribution in [3.05, 3.63) is 58.9 Å². The summed E-state index contributed by atoms with van der Waals surface area (Å²) in [6, 6.07) is 9.48. The van der Waals surface area contributed by atoms with Crippen molar-refractivity contribution < 1.29 is 0 Å². The maximum Gasteiger partial charge on any atom is 0.252 e. The molecule has 3 rings (SSSR count). The Balaban J connectivity index is 2.08. The van der Waals surface area contributed by atoms with Gasteiger partial charge in [-0.25, -0.2) is 4.98 Å². The third-order valence-electron chi connectivity index (χ3n) is 3.46. The summed E-state index contributed by atoms with van der Waals surface area (Å²) in [6.07, 6.45) is 3.51. The number of H-pyrrole nitrogens is 1. The normalized spacial score (nSPS) is 12.5. The number of nitrogens with zero attached hydrogens (tertiary/aromatic N) is 2. The van der Waals surface area contributed by atoms with Gasteiger partial charge in [-0.05, 0) is 13.0 Å². The Morgan fingerprint density at radius 1 is 1.35 bits per heavy atom. The van der Waals surface area contributed by atoms with Crippen LogP contribution >= 0.6 is 0 Å². The fourth-order valence-corrected chi connectivity index (χ4v) is 2.35. The molecule has 1 aromatic carbocycles. The molecule has 0 radical (unpaired) electrons. The van der Waals surface area contributed by atoms with Crippen LogP contribution in [0.2, 0.25) is 0 Å². The van der Waals surface area contributed by atoms with E-state index in [0.717, 1.165) is 22.4 Å². The highest BCUT2D eigenvalue weighted by atomic mass is 16.1. The topological polar surface area (TPSA) is 62.7 Å². The molecule has 0 fully saturated rings. The molecule has 0 saturated carbocycles. The lowest BCUT2D eigenvalue weighted by atomic mass is 10.1. The number of nitrogens with one attached hydrogen (secondary N) is 2. The minimum absolute atomic E-state index is 0.000474. The Morgan fingerprint density at radius 3 is 2.90 bits per heavy atom. The number of pyridine rings is 1. The molecule has 1 unspecified atom stereocenters. The van der Waals surface area contributed by atoms with Crippen LogP contribution in [-0.4, -0.2) is 14.5 Å². The van der Waals surface area contributed by atoms with Gasteiger partial charge in [0.05, 0.1) is 11.6 Å². The minimum Gasteiger partial charge on any atom is -0.375 e. The first-order chi connectivity index (χ1) is 9.66.